The van der Waals surface area contributed by atoms with Crippen molar-refractivity contribution < 1.29 is 9.90 Å². The lowest BCUT2D eigenvalue weighted by atomic mass is 10.1. The van der Waals surface area contributed by atoms with E-state index in [2.05, 4.69) is 0 Å². The summed E-state index contributed by atoms with van der Waals surface area (Å²) in [5.74, 6) is -1.24. The molecule has 0 aliphatic heterocycles. The molecule has 0 spiro atoms. The average molecular weight is 242 g/mol. The van der Waals surface area contributed by atoms with E-state index in [9.17, 15) is 14.7 Å². The highest BCUT2D eigenvalue weighted by atomic mass is 16.4. The first-order valence-electron chi connectivity index (χ1n) is 6.01. The highest BCUT2D eigenvalue weighted by Gasteiger charge is 2.20. The number of hydrogen-bond acceptors (Lipinski definition) is 3. The number of rotatable bonds is 2. The molecule has 0 N–H and O–H groups in total. The number of para-hydroxylation sites is 1. The lowest BCUT2D eigenvalue weighted by Gasteiger charge is -2.14. The molecule has 0 saturated heterocycles. The van der Waals surface area contributed by atoms with Crippen LogP contribution in [0.15, 0.2) is 29.1 Å². The summed E-state index contributed by atoms with van der Waals surface area (Å²) in [6.07, 6.45) is 2.60. The van der Waals surface area contributed by atoms with Crippen LogP contribution in [0, 0.1) is 0 Å². The molecule has 92 valence electrons. The Labute approximate surface area is 103 Å². The van der Waals surface area contributed by atoms with E-state index >= 15 is 0 Å². The van der Waals surface area contributed by atoms with E-state index in [0.717, 1.165) is 35.8 Å². The number of aryl methyl sites for hydroxylation is 1. The van der Waals surface area contributed by atoms with Crippen molar-refractivity contribution in [2.24, 2.45) is 0 Å². The van der Waals surface area contributed by atoms with Crippen molar-refractivity contribution >= 4 is 16.9 Å². The lowest BCUT2D eigenvalue weighted by Crippen LogP contribution is -2.34. The molecule has 18 heavy (non-hydrogen) atoms. The van der Waals surface area contributed by atoms with Crippen molar-refractivity contribution in [2.75, 3.05) is 0 Å². The third-order valence-electron chi connectivity index (χ3n) is 3.53. The van der Waals surface area contributed by atoms with Gasteiger partial charge in [-0.3, -0.25) is 4.79 Å². The van der Waals surface area contributed by atoms with Gasteiger partial charge in [-0.1, -0.05) is 18.2 Å². The number of benzene rings is 1. The van der Waals surface area contributed by atoms with Gasteiger partial charge in [-0.25, -0.2) is 0 Å². The standard InChI is InChI=1S/C14H13NO3/c16-13(17)8-15-12-7-2-1-4-10(12)9-5-3-6-11(9)14(15)18/h1-2,4,7H,3,5-6,8H2,(H,16,17)/p-1. The molecule has 0 saturated carbocycles. The van der Waals surface area contributed by atoms with Crippen LogP contribution in [0.4, 0.5) is 0 Å². The van der Waals surface area contributed by atoms with E-state index in [-0.39, 0.29) is 12.1 Å². The maximum atomic E-state index is 12.3. The normalized spacial score (nSPS) is 13.8. The second kappa shape index (κ2) is 3.98. The number of carbonyl (C=O) groups excluding carboxylic acids is 1. The predicted octanol–water partition coefficient (Wildman–Crippen LogP) is 0.240. The van der Waals surface area contributed by atoms with Gasteiger partial charge in [-0.15, -0.1) is 0 Å². The van der Waals surface area contributed by atoms with Gasteiger partial charge in [0.2, 0.25) is 0 Å². The van der Waals surface area contributed by atoms with Gasteiger partial charge in [0.05, 0.1) is 18.0 Å². The fraction of sp³-hybridized carbons (Fsp3) is 0.286. The minimum atomic E-state index is -1.24. The topological polar surface area (TPSA) is 62.1 Å². The van der Waals surface area contributed by atoms with Crippen molar-refractivity contribution in [1.29, 1.82) is 0 Å². The maximum absolute atomic E-state index is 12.3. The third-order valence-corrected chi connectivity index (χ3v) is 3.53. The number of hydrogen-bond donors (Lipinski definition) is 0. The second-order valence-corrected chi connectivity index (χ2v) is 4.59. The zero-order valence-corrected chi connectivity index (χ0v) is 9.81. The monoisotopic (exact) mass is 242 g/mol. The Morgan fingerprint density at radius 3 is 2.72 bits per heavy atom. The molecular formula is C14H12NO3-. The van der Waals surface area contributed by atoms with Crippen LogP contribution in [0.2, 0.25) is 0 Å². The Bertz CT molecular complexity index is 700. The van der Waals surface area contributed by atoms with Gasteiger partial charge in [0, 0.05) is 10.9 Å². The predicted molar refractivity (Wildman–Crippen MR) is 65.2 cm³/mol. The summed E-state index contributed by atoms with van der Waals surface area (Å²) < 4.78 is 1.31. The van der Waals surface area contributed by atoms with Gasteiger partial charge in [-0.2, -0.15) is 0 Å². The summed E-state index contributed by atoms with van der Waals surface area (Å²) in [4.78, 5) is 23.1. The van der Waals surface area contributed by atoms with Crippen LogP contribution in [0.25, 0.3) is 10.9 Å². The molecule has 1 aromatic carbocycles. The lowest BCUT2D eigenvalue weighted by molar-refractivity contribution is -0.306. The third kappa shape index (κ3) is 1.53. The number of carbonyl (C=O) groups is 1. The molecule has 4 nitrogen and oxygen atoms in total. The summed E-state index contributed by atoms with van der Waals surface area (Å²) in [6, 6.07) is 7.46. The van der Waals surface area contributed by atoms with E-state index < -0.39 is 5.97 Å². The smallest absolute Gasteiger partial charge is 0.254 e. The minimum absolute atomic E-state index is 0.176. The quantitative estimate of drug-likeness (QED) is 0.758. The molecule has 1 heterocycles. The van der Waals surface area contributed by atoms with Gasteiger partial charge in [0.25, 0.3) is 5.56 Å². The van der Waals surface area contributed by atoms with E-state index in [1.54, 1.807) is 6.07 Å². The molecule has 3 rings (SSSR count). The SMILES string of the molecule is O=C([O-])Cn1c(=O)c2c(c3ccccc31)CCC2. The average Bonchev–Trinajstić information content (AvgIpc) is 2.83. The molecular weight excluding hydrogens is 230 g/mol. The minimum Gasteiger partial charge on any atom is -0.548 e. The van der Waals surface area contributed by atoms with Crippen LogP contribution in [0.5, 0.6) is 0 Å². The van der Waals surface area contributed by atoms with Crippen molar-refractivity contribution in [3.63, 3.8) is 0 Å². The van der Waals surface area contributed by atoms with E-state index in [1.165, 1.54) is 4.57 Å². The Kier molecular flexibility index (Phi) is 2.44. The van der Waals surface area contributed by atoms with Gasteiger partial charge >= 0.3 is 0 Å². The molecule has 1 aliphatic rings. The van der Waals surface area contributed by atoms with Crippen LogP contribution in [0.3, 0.4) is 0 Å². The van der Waals surface area contributed by atoms with Crippen LogP contribution in [-0.2, 0) is 24.2 Å². The summed E-state index contributed by atoms with van der Waals surface area (Å²) in [7, 11) is 0. The molecule has 0 unspecified atom stereocenters. The van der Waals surface area contributed by atoms with Gasteiger partial charge in [-0.05, 0) is 30.9 Å². The number of pyridine rings is 1. The van der Waals surface area contributed by atoms with Gasteiger partial charge in [0.15, 0.2) is 0 Å². The summed E-state index contributed by atoms with van der Waals surface area (Å²) in [5.41, 5.74) is 2.37. The zero-order chi connectivity index (χ0) is 12.7. The largest absolute Gasteiger partial charge is 0.548 e. The number of aromatic nitrogens is 1. The molecule has 0 fully saturated rings. The van der Waals surface area contributed by atoms with Crippen molar-refractivity contribution in [1.82, 2.24) is 4.57 Å². The van der Waals surface area contributed by atoms with Gasteiger partial charge in [0.1, 0.15) is 0 Å². The molecule has 0 bridgehead atoms. The van der Waals surface area contributed by atoms with E-state index in [4.69, 9.17) is 0 Å². The van der Waals surface area contributed by atoms with Crippen molar-refractivity contribution in [3.05, 3.63) is 45.7 Å². The molecule has 0 amide bonds. The van der Waals surface area contributed by atoms with E-state index in [0.29, 0.717) is 5.52 Å². The number of carboxylic acid groups (broad SMARTS) is 1. The molecule has 4 heteroatoms. The Balaban J connectivity index is 2.41. The first kappa shape index (κ1) is 11.0. The maximum Gasteiger partial charge on any atom is 0.254 e. The number of aliphatic carboxylic acids is 1. The van der Waals surface area contributed by atoms with Crippen molar-refractivity contribution in [3.8, 4) is 0 Å². The second-order valence-electron chi connectivity index (χ2n) is 4.59. The Morgan fingerprint density at radius 2 is 1.94 bits per heavy atom. The summed E-state index contributed by atoms with van der Waals surface area (Å²) >= 11 is 0. The molecule has 0 radical (unpaired) electrons. The fourth-order valence-corrected chi connectivity index (χ4v) is 2.80. The fourth-order valence-electron chi connectivity index (χ4n) is 2.80. The number of nitrogens with zero attached hydrogens (tertiary/aromatic N) is 1. The first-order chi connectivity index (χ1) is 8.68. The number of carboxylic acids is 1. The van der Waals surface area contributed by atoms with Crippen LogP contribution < -0.4 is 10.7 Å². The molecule has 0 atom stereocenters. The zero-order valence-electron chi connectivity index (χ0n) is 9.81. The van der Waals surface area contributed by atoms with E-state index in [1.807, 2.05) is 18.2 Å². The first-order valence-corrected chi connectivity index (χ1v) is 6.01. The van der Waals surface area contributed by atoms with Crippen molar-refractivity contribution in [2.45, 2.75) is 25.8 Å². The molecule has 1 aromatic heterocycles. The number of fused-ring (bicyclic) bond motifs is 3. The summed E-state index contributed by atoms with van der Waals surface area (Å²) in [5, 5.41) is 11.8. The van der Waals surface area contributed by atoms with Crippen LogP contribution >= 0.6 is 0 Å². The highest BCUT2D eigenvalue weighted by molar-refractivity contribution is 5.85. The molecule has 1 aliphatic carbocycles. The Hall–Kier alpha value is -2.10. The highest BCUT2D eigenvalue weighted by Crippen LogP contribution is 2.27. The Morgan fingerprint density at radius 1 is 1.22 bits per heavy atom. The molecule has 2 aromatic rings. The summed E-state index contributed by atoms with van der Waals surface area (Å²) in [6.45, 7) is -0.382. The van der Waals surface area contributed by atoms with Crippen LogP contribution in [0.1, 0.15) is 17.5 Å². The van der Waals surface area contributed by atoms with Crippen LogP contribution in [-0.4, -0.2) is 10.5 Å². The van der Waals surface area contributed by atoms with Gasteiger partial charge < -0.3 is 14.5 Å².